The lowest BCUT2D eigenvalue weighted by atomic mass is 10.2. The summed E-state index contributed by atoms with van der Waals surface area (Å²) in [6, 6.07) is 5.03. The smallest absolute Gasteiger partial charge is 0.242 e. The molecule has 0 aliphatic heterocycles. The quantitative estimate of drug-likeness (QED) is 0.350. The molecule has 1 aromatic carbocycles. The second-order valence-electron chi connectivity index (χ2n) is 2.75. The van der Waals surface area contributed by atoms with Gasteiger partial charge in [0.05, 0.1) is 12.1 Å². The molecule has 0 aliphatic carbocycles. The summed E-state index contributed by atoms with van der Waals surface area (Å²) >= 11 is 5.83. The van der Waals surface area contributed by atoms with Gasteiger partial charge in [0.25, 0.3) is 0 Å². The number of hydrogen-bond donors (Lipinski definition) is 0. The third-order valence-corrected chi connectivity index (χ3v) is 2.05. The molecule has 0 radical (unpaired) electrons. The van der Waals surface area contributed by atoms with Crippen LogP contribution in [0.1, 0.15) is 5.56 Å². The van der Waals surface area contributed by atoms with Crippen LogP contribution in [0.2, 0.25) is 5.02 Å². The van der Waals surface area contributed by atoms with Crippen molar-refractivity contribution in [3.8, 4) is 5.75 Å². The Hall–Kier alpha value is -1.97. The van der Waals surface area contributed by atoms with Crippen LogP contribution >= 0.6 is 11.6 Å². The second kappa shape index (κ2) is 5.80. The topological polar surface area (TPSA) is 75.1 Å². The molecule has 0 spiro atoms. The highest BCUT2D eigenvalue weighted by Crippen LogP contribution is 2.25. The number of azide groups is 1. The van der Waals surface area contributed by atoms with Gasteiger partial charge >= 0.3 is 0 Å². The Kier molecular flexibility index (Phi) is 4.39. The number of benzene rings is 1. The van der Waals surface area contributed by atoms with E-state index in [2.05, 4.69) is 10.0 Å². The summed E-state index contributed by atoms with van der Waals surface area (Å²) in [6.45, 7) is 0. The van der Waals surface area contributed by atoms with Crippen LogP contribution in [0.3, 0.4) is 0 Å². The van der Waals surface area contributed by atoms with Gasteiger partial charge < -0.3 is 4.74 Å². The van der Waals surface area contributed by atoms with Gasteiger partial charge in [-0.05, 0) is 34.4 Å². The van der Waals surface area contributed by atoms with E-state index in [1.165, 1.54) is 19.3 Å². The maximum Gasteiger partial charge on any atom is 0.242 e. The lowest BCUT2D eigenvalue weighted by molar-refractivity contribution is -0.113. The van der Waals surface area contributed by atoms with Gasteiger partial charge in [0.2, 0.25) is 5.91 Å². The minimum Gasteiger partial charge on any atom is -0.495 e. The molecule has 5 nitrogen and oxygen atoms in total. The molecule has 0 aromatic heterocycles. The molecule has 0 fully saturated rings. The van der Waals surface area contributed by atoms with Crippen molar-refractivity contribution in [3.63, 3.8) is 0 Å². The first-order chi connectivity index (χ1) is 7.67. The molecule has 0 aliphatic rings. The van der Waals surface area contributed by atoms with Crippen LogP contribution in [0.25, 0.3) is 16.5 Å². The number of ether oxygens (including phenoxy) is 1. The first kappa shape index (κ1) is 12.1. The lowest BCUT2D eigenvalue weighted by Gasteiger charge is -2.02. The minimum atomic E-state index is -0.656. The van der Waals surface area contributed by atoms with E-state index in [0.717, 1.165) is 5.56 Å². The maximum absolute atomic E-state index is 10.9. The molecule has 82 valence electrons. The van der Waals surface area contributed by atoms with Crippen molar-refractivity contribution in [3.05, 3.63) is 45.3 Å². The first-order valence-electron chi connectivity index (χ1n) is 4.28. The van der Waals surface area contributed by atoms with E-state index in [4.69, 9.17) is 21.9 Å². The average Bonchev–Trinajstić information content (AvgIpc) is 2.28. The van der Waals surface area contributed by atoms with Crippen molar-refractivity contribution in [2.75, 3.05) is 7.11 Å². The van der Waals surface area contributed by atoms with Gasteiger partial charge in [-0.25, -0.2) is 0 Å². The van der Waals surface area contributed by atoms with Crippen LogP contribution in [0.15, 0.2) is 29.4 Å². The van der Waals surface area contributed by atoms with E-state index < -0.39 is 5.91 Å². The van der Waals surface area contributed by atoms with Crippen molar-refractivity contribution >= 4 is 23.6 Å². The van der Waals surface area contributed by atoms with Gasteiger partial charge in [0, 0.05) is 4.91 Å². The van der Waals surface area contributed by atoms with Crippen LogP contribution < -0.4 is 4.74 Å². The number of rotatable bonds is 3. The fraction of sp³-hybridized carbons (Fsp3) is 0.100. The summed E-state index contributed by atoms with van der Waals surface area (Å²) in [6.07, 6.45) is 2.68. The molecular formula is C10H8ClN3O2. The molecule has 0 saturated heterocycles. The second-order valence-corrected chi connectivity index (χ2v) is 3.16. The standard InChI is InChI=1S/C10H8ClN3O2/c1-16-9-6-7(2-4-8(9)11)3-5-10(15)13-14-12/h2-6H,1H3. The van der Waals surface area contributed by atoms with E-state index in [9.17, 15) is 4.79 Å². The molecule has 1 amide bonds. The number of carbonyl (C=O) groups excluding carboxylic acids is 1. The minimum absolute atomic E-state index is 0.487. The lowest BCUT2D eigenvalue weighted by Crippen LogP contribution is -1.86. The average molecular weight is 238 g/mol. The Morgan fingerprint density at radius 2 is 2.38 bits per heavy atom. The maximum atomic E-state index is 10.9. The molecule has 0 atom stereocenters. The molecule has 0 saturated carbocycles. The largest absolute Gasteiger partial charge is 0.495 e. The highest BCUT2D eigenvalue weighted by atomic mass is 35.5. The van der Waals surface area contributed by atoms with Gasteiger partial charge in [-0.1, -0.05) is 23.7 Å². The van der Waals surface area contributed by atoms with Crippen molar-refractivity contribution in [1.82, 2.24) is 0 Å². The van der Waals surface area contributed by atoms with E-state index >= 15 is 0 Å². The monoisotopic (exact) mass is 237 g/mol. The zero-order valence-electron chi connectivity index (χ0n) is 8.42. The molecular weight excluding hydrogens is 230 g/mol. The fourth-order valence-electron chi connectivity index (χ4n) is 1.02. The van der Waals surface area contributed by atoms with Crippen LogP contribution in [0.5, 0.6) is 5.75 Å². The highest BCUT2D eigenvalue weighted by molar-refractivity contribution is 6.32. The van der Waals surface area contributed by atoms with Crippen LogP contribution in [-0.4, -0.2) is 13.0 Å². The third-order valence-electron chi connectivity index (χ3n) is 1.74. The molecule has 0 heterocycles. The Morgan fingerprint density at radius 1 is 1.62 bits per heavy atom. The van der Waals surface area contributed by atoms with Gasteiger partial charge in [-0.2, -0.15) is 0 Å². The van der Waals surface area contributed by atoms with Crippen molar-refractivity contribution in [2.24, 2.45) is 5.11 Å². The molecule has 0 unspecified atom stereocenters. The first-order valence-corrected chi connectivity index (χ1v) is 4.66. The van der Waals surface area contributed by atoms with Crippen molar-refractivity contribution in [2.45, 2.75) is 0 Å². The zero-order chi connectivity index (χ0) is 12.0. The normalized spacial score (nSPS) is 9.88. The Balaban J connectivity index is 2.90. The molecule has 1 rings (SSSR count). The van der Waals surface area contributed by atoms with Gasteiger partial charge in [-0.15, -0.1) is 0 Å². The number of nitrogens with zero attached hydrogens (tertiary/aromatic N) is 3. The molecule has 16 heavy (non-hydrogen) atoms. The Bertz CT molecular complexity index is 479. The SMILES string of the molecule is COc1cc(C=CC(=O)N=[N+]=[N-])ccc1Cl. The van der Waals surface area contributed by atoms with Crippen LogP contribution in [0.4, 0.5) is 0 Å². The van der Waals surface area contributed by atoms with Gasteiger partial charge in [-0.3, -0.25) is 4.79 Å². The number of hydrogen-bond acceptors (Lipinski definition) is 2. The zero-order valence-corrected chi connectivity index (χ0v) is 9.18. The van der Waals surface area contributed by atoms with Crippen LogP contribution in [-0.2, 0) is 4.79 Å². The molecule has 0 bridgehead atoms. The molecule has 1 aromatic rings. The predicted molar refractivity (Wildman–Crippen MR) is 61.2 cm³/mol. The number of methoxy groups -OCH3 is 1. The Morgan fingerprint density at radius 3 is 3.00 bits per heavy atom. The Labute approximate surface area is 96.9 Å². The van der Waals surface area contributed by atoms with Crippen molar-refractivity contribution in [1.29, 1.82) is 0 Å². The van der Waals surface area contributed by atoms with E-state index in [1.54, 1.807) is 18.2 Å². The van der Waals surface area contributed by atoms with E-state index in [1.807, 2.05) is 0 Å². The fourth-order valence-corrected chi connectivity index (χ4v) is 1.22. The van der Waals surface area contributed by atoms with Gasteiger partial charge in [0.15, 0.2) is 0 Å². The summed E-state index contributed by atoms with van der Waals surface area (Å²) < 4.78 is 5.01. The third kappa shape index (κ3) is 3.31. The summed E-state index contributed by atoms with van der Waals surface area (Å²) in [4.78, 5) is 13.2. The van der Waals surface area contributed by atoms with E-state index in [0.29, 0.717) is 10.8 Å². The summed E-state index contributed by atoms with van der Waals surface area (Å²) in [5.41, 5.74) is 8.74. The summed E-state index contributed by atoms with van der Waals surface area (Å²) in [5, 5.41) is 3.38. The number of carbonyl (C=O) groups is 1. The summed E-state index contributed by atoms with van der Waals surface area (Å²) in [7, 11) is 1.50. The predicted octanol–water partition coefficient (Wildman–Crippen LogP) is 3.20. The van der Waals surface area contributed by atoms with E-state index in [-0.39, 0.29) is 0 Å². The van der Waals surface area contributed by atoms with Crippen LogP contribution in [0, 0.1) is 0 Å². The molecule has 0 N–H and O–H groups in total. The molecule has 6 heteroatoms. The van der Waals surface area contributed by atoms with Gasteiger partial charge in [0.1, 0.15) is 5.75 Å². The number of halogens is 1. The highest BCUT2D eigenvalue weighted by Gasteiger charge is 1.99. The summed E-state index contributed by atoms with van der Waals surface area (Å²) in [5.74, 6) is -0.142. The van der Waals surface area contributed by atoms with Crippen molar-refractivity contribution < 1.29 is 9.53 Å². The number of amides is 1.